The Morgan fingerprint density at radius 2 is 2.03 bits per heavy atom. The van der Waals surface area contributed by atoms with Crippen molar-refractivity contribution in [3.63, 3.8) is 0 Å². The van der Waals surface area contributed by atoms with Crippen molar-refractivity contribution in [2.45, 2.75) is 62.8 Å². The monoisotopic (exact) mass is 476 g/mol. The van der Waals surface area contributed by atoms with Crippen molar-refractivity contribution in [2.24, 2.45) is 10.2 Å². The average molecular weight is 477 g/mol. The molecular weight excluding hydrogens is 444 g/mol. The SMILES string of the molecule is C#CCCC1(CCN(C(=O)c2cccc(CN(C)C)c2)C(C(=O)NC2(C)CC2)c2cn[nH]n2)N=N1. The maximum absolute atomic E-state index is 13.9. The number of nitrogens with zero attached hydrogens (tertiary/aromatic N) is 6. The van der Waals surface area contributed by atoms with Gasteiger partial charge in [-0.3, -0.25) is 9.59 Å². The Morgan fingerprint density at radius 3 is 2.63 bits per heavy atom. The van der Waals surface area contributed by atoms with E-state index >= 15 is 0 Å². The van der Waals surface area contributed by atoms with Gasteiger partial charge in [0.15, 0.2) is 11.7 Å². The Balaban J connectivity index is 1.65. The number of amides is 2. The van der Waals surface area contributed by atoms with Crippen LogP contribution in [-0.2, 0) is 11.3 Å². The molecule has 1 saturated carbocycles. The normalized spacial score (nSPS) is 17.5. The van der Waals surface area contributed by atoms with Crippen molar-refractivity contribution in [1.29, 1.82) is 0 Å². The number of H-pyrrole nitrogens is 1. The van der Waals surface area contributed by atoms with Crippen LogP contribution in [0.4, 0.5) is 0 Å². The molecule has 184 valence electrons. The number of aromatic amines is 1. The first-order valence-electron chi connectivity index (χ1n) is 11.8. The number of carbonyl (C=O) groups excluding carboxylic acids is 2. The van der Waals surface area contributed by atoms with Crippen molar-refractivity contribution in [3.05, 3.63) is 47.3 Å². The highest BCUT2D eigenvalue weighted by Crippen LogP contribution is 2.38. The zero-order valence-electron chi connectivity index (χ0n) is 20.5. The fraction of sp³-hybridized carbons (Fsp3) is 0.520. The summed E-state index contributed by atoms with van der Waals surface area (Å²) in [6, 6.07) is 6.54. The zero-order chi connectivity index (χ0) is 25.1. The molecule has 2 aliphatic rings. The van der Waals surface area contributed by atoms with Gasteiger partial charge >= 0.3 is 0 Å². The van der Waals surface area contributed by atoms with Crippen molar-refractivity contribution < 1.29 is 9.59 Å². The number of hydrogen-bond acceptors (Lipinski definition) is 7. The molecule has 2 heterocycles. The molecule has 1 aromatic heterocycles. The number of aromatic nitrogens is 3. The molecule has 0 saturated heterocycles. The van der Waals surface area contributed by atoms with E-state index in [9.17, 15) is 9.59 Å². The lowest BCUT2D eigenvalue weighted by Crippen LogP contribution is -2.48. The van der Waals surface area contributed by atoms with Gasteiger partial charge in [-0.1, -0.05) is 12.1 Å². The van der Waals surface area contributed by atoms with E-state index in [1.165, 1.54) is 6.20 Å². The van der Waals surface area contributed by atoms with Crippen LogP contribution in [0, 0.1) is 12.3 Å². The Labute approximate surface area is 205 Å². The minimum Gasteiger partial charge on any atom is -0.349 e. The third-order valence-corrected chi connectivity index (χ3v) is 6.44. The number of hydrogen-bond donors (Lipinski definition) is 2. The summed E-state index contributed by atoms with van der Waals surface area (Å²) in [5.41, 5.74) is 1.04. The van der Waals surface area contributed by atoms with Crippen LogP contribution in [0.1, 0.15) is 66.7 Å². The average Bonchev–Trinajstić information content (AvgIpc) is 3.69. The zero-order valence-corrected chi connectivity index (χ0v) is 20.5. The van der Waals surface area contributed by atoms with Crippen LogP contribution in [0.2, 0.25) is 0 Å². The highest BCUT2D eigenvalue weighted by atomic mass is 16.2. The Hall–Kier alpha value is -3.58. The van der Waals surface area contributed by atoms with Gasteiger partial charge in [0.05, 0.1) is 6.20 Å². The smallest absolute Gasteiger partial charge is 0.254 e. The van der Waals surface area contributed by atoms with Crippen molar-refractivity contribution in [1.82, 2.24) is 30.5 Å². The number of rotatable bonds is 12. The summed E-state index contributed by atoms with van der Waals surface area (Å²) in [6.07, 6.45) is 10.3. The van der Waals surface area contributed by atoms with E-state index in [2.05, 4.69) is 36.9 Å². The summed E-state index contributed by atoms with van der Waals surface area (Å²) >= 11 is 0. The molecule has 1 atom stereocenters. The van der Waals surface area contributed by atoms with Crippen LogP contribution in [0.15, 0.2) is 40.7 Å². The van der Waals surface area contributed by atoms with Gasteiger partial charge in [-0.25, -0.2) is 0 Å². The van der Waals surface area contributed by atoms with E-state index in [0.717, 1.165) is 18.4 Å². The fourth-order valence-electron chi connectivity index (χ4n) is 4.11. The van der Waals surface area contributed by atoms with Gasteiger partial charge in [-0.2, -0.15) is 25.6 Å². The second-order valence-electron chi connectivity index (χ2n) is 9.92. The quantitative estimate of drug-likeness (QED) is 0.457. The minimum absolute atomic E-state index is 0.255. The van der Waals surface area contributed by atoms with Gasteiger partial charge in [-0.15, -0.1) is 12.3 Å². The number of carbonyl (C=O) groups is 2. The third-order valence-electron chi connectivity index (χ3n) is 6.44. The van der Waals surface area contributed by atoms with Crippen molar-refractivity contribution >= 4 is 11.8 Å². The van der Waals surface area contributed by atoms with Crippen LogP contribution in [-0.4, -0.2) is 68.9 Å². The molecule has 10 nitrogen and oxygen atoms in total. The molecule has 35 heavy (non-hydrogen) atoms. The van der Waals surface area contributed by atoms with Gasteiger partial charge in [0.25, 0.3) is 5.91 Å². The summed E-state index contributed by atoms with van der Waals surface area (Å²) in [4.78, 5) is 31.1. The van der Waals surface area contributed by atoms with Gasteiger partial charge in [0, 0.05) is 43.5 Å². The fourth-order valence-corrected chi connectivity index (χ4v) is 4.11. The second kappa shape index (κ2) is 9.96. The predicted molar refractivity (Wildman–Crippen MR) is 130 cm³/mol. The molecule has 4 rings (SSSR count). The Kier molecular flexibility index (Phi) is 6.98. The first-order valence-corrected chi connectivity index (χ1v) is 11.8. The van der Waals surface area contributed by atoms with E-state index in [4.69, 9.17) is 6.42 Å². The predicted octanol–water partition coefficient (Wildman–Crippen LogP) is 2.68. The Bertz CT molecular complexity index is 1120. The van der Waals surface area contributed by atoms with Gasteiger partial charge in [-0.05, 0) is 51.6 Å². The molecular formula is C25H32N8O2. The highest BCUT2D eigenvalue weighted by molar-refractivity contribution is 5.98. The van der Waals surface area contributed by atoms with Crippen LogP contribution in [0.3, 0.4) is 0 Å². The standard InChI is InChI=1S/C25H32N8O2/c1-5-6-10-25(29-30-25)13-14-33(23(35)19-9-7-8-18(15-19)17-32(3)4)21(20-16-26-31-28-20)22(34)27-24(2)11-12-24/h1,7-9,15-16,21H,6,10-14,17H2,2-4H3,(H,27,34)(H,26,28,31). The molecule has 2 aromatic rings. The minimum atomic E-state index is -0.945. The van der Waals surface area contributed by atoms with Crippen molar-refractivity contribution in [3.8, 4) is 12.3 Å². The molecule has 1 aliphatic heterocycles. The molecule has 0 spiro atoms. The maximum atomic E-state index is 13.9. The van der Waals surface area contributed by atoms with E-state index in [1.807, 2.05) is 44.1 Å². The molecule has 0 radical (unpaired) electrons. The molecule has 1 unspecified atom stereocenters. The molecule has 2 amide bonds. The van der Waals surface area contributed by atoms with E-state index < -0.39 is 11.7 Å². The van der Waals surface area contributed by atoms with Crippen LogP contribution in [0.25, 0.3) is 0 Å². The molecule has 1 aromatic carbocycles. The Morgan fingerprint density at radius 1 is 1.26 bits per heavy atom. The molecule has 10 heteroatoms. The number of nitrogens with one attached hydrogen (secondary N) is 2. The number of benzene rings is 1. The van der Waals surface area contributed by atoms with Crippen LogP contribution < -0.4 is 5.32 Å². The van der Waals surface area contributed by atoms with Crippen molar-refractivity contribution in [2.75, 3.05) is 20.6 Å². The third kappa shape index (κ3) is 6.11. The van der Waals surface area contributed by atoms with E-state index in [-0.39, 0.29) is 23.9 Å². The first kappa shape index (κ1) is 24.5. The van der Waals surface area contributed by atoms with Crippen LogP contribution >= 0.6 is 0 Å². The topological polar surface area (TPSA) is 119 Å². The lowest BCUT2D eigenvalue weighted by Gasteiger charge is -2.31. The summed E-state index contributed by atoms with van der Waals surface area (Å²) in [7, 11) is 3.95. The van der Waals surface area contributed by atoms with Gasteiger partial charge < -0.3 is 15.1 Å². The summed E-state index contributed by atoms with van der Waals surface area (Å²) in [6.45, 7) is 2.95. The summed E-state index contributed by atoms with van der Waals surface area (Å²) in [5, 5.41) is 22.2. The lowest BCUT2D eigenvalue weighted by molar-refractivity contribution is -0.127. The first-order chi connectivity index (χ1) is 16.7. The summed E-state index contributed by atoms with van der Waals surface area (Å²) < 4.78 is 0. The van der Waals surface area contributed by atoms with E-state index in [1.54, 1.807) is 11.0 Å². The summed E-state index contributed by atoms with van der Waals surface area (Å²) in [5.74, 6) is 2.09. The molecule has 2 N–H and O–H groups in total. The molecule has 0 bridgehead atoms. The van der Waals surface area contributed by atoms with Gasteiger partial charge in [0.1, 0.15) is 5.69 Å². The molecule has 1 aliphatic carbocycles. The highest BCUT2D eigenvalue weighted by Gasteiger charge is 2.45. The van der Waals surface area contributed by atoms with Crippen LogP contribution in [0.5, 0.6) is 0 Å². The molecule has 1 fully saturated rings. The number of terminal acetylenes is 1. The van der Waals surface area contributed by atoms with Gasteiger partial charge in [0.2, 0.25) is 5.91 Å². The maximum Gasteiger partial charge on any atom is 0.254 e. The second-order valence-corrected chi connectivity index (χ2v) is 9.92. The largest absolute Gasteiger partial charge is 0.349 e. The van der Waals surface area contributed by atoms with E-state index in [0.29, 0.717) is 37.1 Å². The lowest BCUT2D eigenvalue weighted by atomic mass is 10.0.